The molecule has 2 aromatic carbocycles. The lowest BCUT2D eigenvalue weighted by Gasteiger charge is -2.41. The molecule has 3 aliphatic heterocycles. The molecule has 1 unspecified atom stereocenters. The van der Waals surface area contributed by atoms with Gasteiger partial charge in [-0.2, -0.15) is 0 Å². The van der Waals surface area contributed by atoms with E-state index in [1.807, 2.05) is 64.1 Å². The molecule has 3 fully saturated rings. The normalized spacial score (nSPS) is 26.7. The van der Waals surface area contributed by atoms with Gasteiger partial charge in [0.15, 0.2) is 0 Å². The second-order valence-corrected chi connectivity index (χ2v) is 16.1. The van der Waals surface area contributed by atoms with Crippen molar-refractivity contribution in [3.63, 3.8) is 0 Å². The first-order chi connectivity index (χ1) is 25.3. The number of alkyl halides is 1. The summed E-state index contributed by atoms with van der Waals surface area (Å²) in [5, 5.41) is 11.2. The molecule has 12 heteroatoms. The highest BCUT2D eigenvalue weighted by Crippen LogP contribution is 2.61. The third kappa shape index (κ3) is 7.34. The average Bonchev–Trinajstić information content (AvgIpc) is 3.75. The molecule has 10 atom stereocenters. The summed E-state index contributed by atoms with van der Waals surface area (Å²) >= 11 is 10.5. The lowest BCUT2D eigenvalue weighted by atomic mass is 9.70. The zero-order valence-electron chi connectivity index (χ0n) is 31.1. The maximum absolute atomic E-state index is 15.2. The SMILES string of the molecule is C=CCCC(=O)N(C)[C@@H](C)[C@@H](OC(=O)[C@@H]1[C@H]2O[C@@]3(CC2Br)[C@H](C(=O)N(CC=C)c2c(C)cccc2Cl)N([C@@H](CO)[C@@H](C)CC)C(=O)[C@@H]13)c1ccccc1. The number of likely N-dealkylation sites (tertiary alicyclic amines) is 1. The van der Waals surface area contributed by atoms with Crippen molar-refractivity contribution in [2.24, 2.45) is 17.8 Å². The maximum atomic E-state index is 15.2. The fraction of sp³-hybridized carbons (Fsp3) is 0.512. The number of aryl methyl sites for hydroxylation is 1. The first-order valence-electron chi connectivity index (χ1n) is 18.3. The second kappa shape index (κ2) is 16.9. The second-order valence-electron chi connectivity index (χ2n) is 14.5. The van der Waals surface area contributed by atoms with Crippen LogP contribution in [0.25, 0.3) is 0 Å². The van der Waals surface area contributed by atoms with Crippen LogP contribution in [0.2, 0.25) is 5.02 Å². The number of esters is 1. The summed E-state index contributed by atoms with van der Waals surface area (Å²) in [7, 11) is 1.68. The van der Waals surface area contributed by atoms with Crippen LogP contribution in [0.15, 0.2) is 73.8 Å². The van der Waals surface area contributed by atoms with Gasteiger partial charge in [0.25, 0.3) is 5.91 Å². The van der Waals surface area contributed by atoms with Gasteiger partial charge in [-0.25, -0.2) is 0 Å². The molecule has 1 spiro atoms. The van der Waals surface area contributed by atoms with E-state index in [-0.39, 0.29) is 36.0 Å². The number of aliphatic hydroxyl groups is 1. The summed E-state index contributed by atoms with van der Waals surface area (Å²) in [6.45, 7) is 14.9. The number of allylic oxidation sites excluding steroid dienone is 1. The van der Waals surface area contributed by atoms with E-state index in [1.165, 1.54) is 9.80 Å². The fourth-order valence-electron chi connectivity index (χ4n) is 8.44. The molecule has 1 N–H and O–H groups in total. The zero-order valence-corrected chi connectivity index (χ0v) is 33.5. The maximum Gasteiger partial charge on any atom is 0.313 e. The molecule has 0 aromatic heterocycles. The number of benzene rings is 2. The highest BCUT2D eigenvalue weighted by Gasteiger charge is 2.78. The molecule has 2 bridgehead atoms. The minimum absolute atomic E-state index is 0.0954. The number of aliphatic hydroxyl groups excluding tert-OH is 1. The number of hydrogen-bond donors (Lipinski definition) is 1. The van der Waals surface area contributed by atoms with Crippen LogP contribution in [-0.4, -0.2) is 93.5 Å². The molecule has 0 aliphatic carbocycles. The Morgan fingerprint density at radius 1 is 1.15 bits per heavy atom. The van der Waals surface area contributed by atoms with Crippen molar-refractivity contribution < 1.29 is 33.8 Å². The van der Waals surface area contributed by atoms with Gasteiger partial charge in [0, 0.05) is 24.8 Å². The Labute approximate surface area is 326 Å². The molecule has 3 amide bonds. The van der Waals surface area contributed by atoms with Gasteiger partial charge in [-0.1, -0.05) is 102 Å². The molecule has 10 nitrogen and oxygen atoms in total. The number of ether oxygens (including phenoxy) is 2. The minimum Gasteiger partial charge on any atom is -0.455 e. The largest absolute Gasteiger partial charge is 0.455 e. The summed E-state index contributed by atoms with van der Waals surface area (Å²) in [4.78, 5) is 62.2. The lowest BCUT2D eigenvalue weighted by Crippen LogP contribution is -2.60. The number of para-hydroxylation sites is 1. The van der Waals surface area contributed by atoms with Crippen LogP contribution in [0.5, 0.6) is 0 Å². The van der Waals surface area contributed by atoms with Crippen LogP contribution in [0, 0.1) is 24.7 Å². The van der Waals surface area contributed by atoms with E-state index in [1.54, 1.807) is 36.2 Å². The van der Waals surface area contributed by atoms with E-state index in [0.29, 0.717) is 29.1 Å². The minimum atomic E-state index is -1.42. The van der Waals surface area contributed by atoms with Gasteiger partial charge in [0.2, 0.25) is 11.8 Å². The molecular weight excluding hydrogens is 762 g/mol. The number of fused-ring (bicyclic) bond motifs is 1. The van der Waals surface area contributed by atoms with Crippen LogP contribution < -0.4 is 4.90 Å². The van der Waals surface area contributed by atoms with Gasteiger partial charge in [0.05, 0.1) is 47.3 Å². The van der Waals surface area contributed by atoms with Crippen molar-refractivity contribution in [2.75, 3.05) is 25.1 Å². The van der Waals surface area contributed by atoms with E-state index in [4.69, 9.17) is 21.1 Å². The molecule has 0 saturated carbocycles. The molecule has 0 radical (unpaired) electrons. The number of amides is 3. The van der Waals surface area contributed by atoms with Gasteiger partial charge < -0.3 is 29.3 Å². The predicted molar refractivity (Wildman–Crippen MR) is 209 cm³/mol. The topological polar surface area (TPSA) is 117 Å². The van der Waals surface area contributed by atoms with Gasteiger partial charge >= 0.3 is 5.97 Å². The highest BCUT2D eigenvalue weighted by molar-refractivity contribution is 9.09. The third-order valence-corrected chi connectivity index (χ3v) is 12.6. The molecule has 53 heavy (non-hydrogen) atoms. The van der Waals surface area contributed by atoms with E-state index >= 15 is 9.59 Å². The Balaban J connectivity index is 1.59. The fourth-order valence-corrected chi connectivity index (χ4v) is 9.71. The van der Waals surface area contributed by atoms with Crippen molar-refractivity contribution >= 4 is 56.9 Å². The van der Waals surface area contributed by atoms with Crippen LogP contribution >= 0.6 is 27.5 Å². The van der Waals surface area contributed by atoms with Crippen molar-refractivity contribution in [1.29, 1.82) is 0 Å². The zero-order chi connectivity index (χ0) is 38.8. The number of anilines is 1. The molecular formula is C41H51BrClN3O7. The quantitative estimate of drug-likeness (QED) is 0.118. The number of carbonyl (C=O) groups is 4. The molecule has 3 heterocycles. The third-order valence-electron chi connectivity index (χ3n) is 11.5. The summed E-state index contributed by atoms with van der Waals surface area (Å²) in [6, 6.07) is 12.1. The monoisotopic (exact) mass is 811 g/mol. The first kappa shape index (κ1) is 40.7. The predicted octanol–water partition coefficient (Wildman–Crippen LogP) is 6.42. The molecule has 2 aromatic rings. The Kier molecular flexibility index (Phi) is 13.0. The number of carbonyl (C=O) groups excluding carboxylic acids is 4. The van der Waals surface area contributed by atoms with Crippen molar-refractivity contribution in [2.45, 2.75) is 94.1 Å². The van der Waals surface area contributed by atoms with E-state index in [9.17, 15) is 14.7 Å². The standard InChI is InChI=1S/C41H51BrClN3O7/c1-8-11-20-31(48)44(7)26(6)35(27-17-13-12-14-18-27)52-40(51)32-33-38(49)46(30(23-47)24(4)10-3)37(41(33)22-28(42)36(32)53-41)39(50)45(21-9-2)34-25(5)16-15-19-29(34)43/h8-9,12-19,24,26,28,30,32-33,35-37,47H,1-2,10-11,20-23H2,3-7H3/t24-,26-,28?,30-,32-,33+,35+,36-,37-,41+/m0/s1. The molecule has 3 saturated heterocycles. The van der Waals surface area contributed by atoms with Crippen LogP contribution in [0.3, 0.4) is 0 Å². The number of likely N-dealkylation sites (N-methyl/N-ethyl adjacent to an activating group) is 1. The Hall–Kier alpha value is -3.51. The van der Waals surface area contributed by atoms with E-state index in [2.05, 4.69) is 29.1 Å². The summed E-state index contributed by atoms with van der Waals surface area (Å²) in [5.74, 6) is -4.01. The van der Waals surface area contributed by atoms with Crippen LogP contribution in [0.1, 0.15) is 63.7 Å². The number of hydrogen-bond acceptors (Lipinski definition) is 7. The van der Waals surface area contributed by atoms with E-state index in [0.717, 1.165) is 5.56 Å². The van der Waals surface area contributed by atoms with E-state index < -0.39 is 72.2 Å². The average molecular weight is 813 g/mol. The van der Waals surface area contributed by atoms with Crippen molar-refractivity contribution in [3.05, 3.63) is 90.0 Å². The Bertz CT molecular complexity index is 1690. The summed E-state index contributed by atoms with van der Waals surface area (Å²) in [5.41, 5.74) is 0.507. The summed E-state index contributed by atoms with van der Waals surface area (Å²) in [6.07, 6.45) is 3.29. The molecule has 286 valence electrons. The Morgan fingerprint density at radius 2 is 1.85 bits per heavy atom. The smallest absolute Gasteiger partial charge is 0.313 e. The lowest BCUT2D eigenvalue weighted by molar-refractivity contribution is -0.165. The van der Waals surface area contributed by atoms with Crippen molar-refractivity contribution in [1.82, 2.24) is 9.80 Å². The number of halogens is 2. The van der Waals surface area contributed by atoms with Gasteiger partial charge in [-0.3, -0.25) is 19.2 Å². The van der Waals surface area contributed by atoms with Gasteiger partial charge in [-0.05, 0) is 49.8 Å². The van der Waals surface area contributed by atoms with Gasteiger partial charge in [0.1, 0.15) is 17.7 Å². The highest BCUT2D eigenvalue weighted by atomic mass is 79.9. The van der Waals surface area contributed by atoms with Gasteiger partial charge in [-0.15, -0.1) is 13.2 Å². The van der Waals surface area contributed by atoms with Crippen LogP contribution in [0.4, 0.5) is 5.69 Å². The molecule has 3 aliphatic rings. The first-order valence-corrected chi connectivity index (χ1v) is 19.6. The number of rotatable bonds is 16. The van der Waals surface area contributed by atoms with Crippen molar-refractivity contribution in [3.8, 4) is 0 Å². The van der Waals surface area contributed by atoms with Crippen LogP contribution in [-0.2, 0) is 28.7 Å². The Morgan fingerprint density at radius 3 is 2.45 bits per heavy atom. The molecule has 5 rings (SSSR count). The number of nitrogens with zero attached hydrogens (tertiary/aromatic N) is 3. The summed E-state index contributed by atoms with van der Waals surface area (Å²) < 4.78 is 13.2.